The molecule has 1 fully saturated rings. The first-order valence-corrected chi connectivity index (χ1v) is 14.1. The number of benzene rings is 2. The zero-order valence-corrected chi connectivity index (χ0v) is 23.0. The van der Waals surface area contributed by atoms with Crippen LogP contribution in [0.2, 0.25) is 0 Å². The minimum absolute atomic E-state index is 0.0204. The van der Waals surface area contributed by atoms with Crippen LogP contribution in [-0.2, 0) is 32.0 Å². The quantitative estimate of drug-likeness (QED) is 0.252. The minimum atomic E-state index is -0.118. The van der Waals surface area contributed by atoms with Gasteiger partial charge in [0.25, 0.3) is 0 Å². The predicted octanol–water partition coefficient (Wildman–Crippen LogP) is 6.05. The highest BCUT2D eigenvalue weighted by Gasteiger charge is 2.42. The molecule has 6 heteroatoms. The predicted molar refractivity (Wildman–Crippen MR) is 150 cm³/mol. The van der Waals surface area contributed by atoms with Crippen molar-refractivity contribution in [3.8, 4) is 0 Å². The van der Waals surface area contributed by atoms with E-state index in [1.54, 1.807) is 9.25 Å². The van der Waals surface area contributed by atoms with E-state index in [9.17, 15) is 4.79 Å². The van der Waals surface area contributed by atoms with Crippen molar-refractivity contribution in [1.29, 1.82) is 0 Å². The molecule has 0 unspecified atom stereocenters. The Kier molecular flexibility index (Phi) is 7.28. The summed E-state index contributed by atoms with van der Waals surface area (Å²) >= 11 is 2.35. The van der Waals surface area contributed by atoms with Gasteiger partial charge in [-0.1, -0.05) is 62.6 Å². The number of fused-ring (bicyclic) bond motifs is 1. The van der Waals surface area contributed by atoms with Gasteiger partial charge >= 0.3 is 5.69 Å². The van der Waals surface area contributed by atoms with Crippen LogP contribution in [0.1, 0.15) is 74.4 Å². The van der Waals surface area contributed by atoms with E-state index < -0.39 is 0 Å². The molecule has 5 rings (SSSR count). The number of halogens is 1. The van der Waals surface area contributed by atoms with Crippen LogP contribution in [0.15, 0.2) is 58.3 Å². The first kappa shape index (κ1) is 24.5. The Balaban J connectivity index is 1.52. The van der Waals surface area contributed by atoms with Crippen LogP contribution in [0, 0.1) is 9.49 Å². The summed E-state index contributed by atoms with van der Waals surface area (Å²) in [7, 11) is 1.84. The maximum absolute atomic E-state index is 13.0. The highest BCUT2D eigenvalue weighted by Crippen LogP contribution is 2.44. The van der Waals surface area contributed by atoms with Gasteiger partial charge in [0.05, 0.1) is 12.3 Å². The van der Waals surface area contributed by atoms with Gasteiger partial charge in [-0.15, -0.1) is 0 Å². The topological polar surface area (TPSA) is 52.2 Å². The number of aromatic nitrogens is 3. The van der Waals surface area contributed by atoms with Gasteiger partial charge in [-0.3, -0.25) is 9.56 Å². The van der Waals surface area contributed by atoms with Gasteiger partial charge in [-0.05, 0) is 89.4 Å². The van der Waals surface area contributed by atoms with Crippen molar-refractivity contribution in [2.75, 3.05) is 0 Å². The molecule has 1 aromatic heterocycles. The van der Waals surface area contributed by atoms with E-state index in [4.69, 9.17) is 10.1 Å². The lowest BCUT2D eigenvalue weighted by Crippen LogP contribution is -2.34. The van der Waals surface area contributed by atoms with Crippen molar-refractivity contribution >= 4 is 28.3 Å². The summed E-state index contributed by atoms with van der Waals surface area (Å²) in [5, 5.41) is 4.76. The number of hydrogen-bond donors (Lipinski definition) is 0. The molecule has 0 amide bonds. The number of aryl methyl sites for hydroxylation is 1. The molecule has 5 nitrogen and oxygen atoms in total. The van der Waals surface area contributed by atoms with Crippen LogP contribution in [0.5, 0.6) is 0 Å². The third-order valence-electron chi connectivity index (χ3n) is 8.19. The van der Waals surface area contributed by atoms with E-state index >= 15 is 0 Å². The lowest BCUT2D eigenvalue weighted by Gasteiger charge is -2.32. The number of nitrogens with zero attached hydrogens (tertiary/aromatic N) is 4. The molecule has 1 heterocycles. The highest BCUT2D eigenvalue weighted by molar-refractivity contribution is 14.1. The van der Waals surface area contributed by atoms with E-state index in [1.165, 1.54) is 46.8 Å². The Morgan fingerprint density at radius 3 is 2.60 bits per heavy atom. The maximum Gasteiger partial charge on any atom is 0.345 e. The molecule has 184 valence electrons. The van der Waals surface area contributed by atoms with Gasteiger partial charge in [0.1, 0.15) is 0 Å². The molecular formula is C29H35IN4O. The fourth-order valence-corrected chi connectivity index (χ4v) is 6.51. The summed E-state index contributed by atoms with van der Waals surface area (Å²) in [6.45, 7) is 3.42. The Morgan fingerprint density at radius 2 is 1.86 bits per heavy atom. The molecule has 1 atom stereocenters. The summed E-state index contributed by atoms with van der Waals surface area (Å²) < 4.78 is 4.59. The Bertz CT molecular complexity index is 1270. The van der Waals surface area contributed by atoms with Gasteiger partial charge in [-0.2, -0.15) is 5.10 Å². The number of rotatable bonds is 7. The zero-order chi connectivity index (χ0) is 24.4. The third kappa shape index (κ3) is 4.78. The molecule has 0 saturated heterocycles. The van der Waals surface area contributed by atoms with Gasteiger partial charge < -0.3 is 0 Å². The van der Waals surface area contributed by atoms with E-state index in [2.05, 4.69) is 78.0 Å². The molecule has 2 aliphatic rings. The average Bonchev–Trinajstić information content (AvgIpc) is 3.39. The molecule has 1 saturated carbocycles. The van der Waals surface area contributed by atoms with Crippen molar-refractivity contribution in [1.82, 2.24) is 14.3 Å². The normalized spacial score (nSPS) is 20.8. The van der Waals surface area contributed by atoms with Crippen LogP contribution < -0.4 is 5.69 Å². The van der Waals surface area contributed by atoms with Gasteiger partial charge in [-0.25, -0.2) is 9.48 Å². The standard InChI is InChI=1S/C29H35IN4O/c1-3-29(18-17-22-11-7-8-12-25(22)29)27(23-13-15-24(30)16-14-23)31-19-26-32-34(28(35)33(26)2)20-21-9-5-4-6-10-21/h7-8,11-16,21H,3-6,9-10,17-20H2,1-2H3/t29-/m0/s1. The van der Waals surface area contributed by atoms with Crippen LogP contribution in [0.25, 0.3) is 0 Å². The molecule has 2 aliphatic carbocycles. The van der Waals surface area contributed by atoms with Gasteiger partial charge in [0.15, 0.2) is 5.82 Å². The van der Waals surface area contributed by atoms with E-state index in [0.29, 0.717) is 12.5 Å². The average molecular weight is 583 g/mol. The Labute approximate surface area is 221 Å². The first-order chi connectivity index (χ1) is 17.0. The second-order valence-electron chi connectivity index (χ2n) is 10.2. The van der Waals surface area contributed by atoms with Crippen LogP contribution >= 0.6 is 22.6 Å². The monoisotopic (exact) mass is 582 g/mol. The van der Waals surface area contributed by atoms with Crippen molar-refractivity contribution in [3.63, 3.8) is 0 Å². The molecule has 0 bridgehead atoms. The molecular weight excluding hydrogens is 547 g/mol. The zero-order valence-electron chi connectivity index (χ0n) is 20.8. The van der Waals surface area contributed by atoms with Crippen LogP contribution in [0.3, 0.4) is 0 Å². The van der Waals surface area contributed by atoms with E-state index in [1.807, 2.05) is 7.05 Å². The molecule has 2 aromatic carbocycles. The van der Waals surface area contributed by atoms with Gasteiger partial charge in [0.2, 0.25) is 0 Å². The number of aliphatic imine (C=N–C) groups is 1. The lowest BCUT2D eigenvalue weighted by atomic mass is 9.72. The Morgan fingerprint density at radius 1 is 1.11 bits per heavy atom. The van der Waals surface area contributed by atoms with E-state index in [0.717, 1.165) is 42.9 Å². The minimum Gasteiger partial charge on any atom is -0.280 e. The second kappa shape index (κ2) is 10.4. The smallest absolute Gasteiger partial charge is 0.280 e. The van der Waals surface area contributed by atoms with Crippen molar-refractivity contribution < 1.29 is 0 Å². The molecule has 35 heavy (non-hydrogen) atoms. The summed E-state index contributed by atoms with van der Waals surface area (Å²) in [6, 6.07) is 17.5. The summed E-state index contributed by atoms with van der Waals surface area (Å²) in [5.74, 6) is 1.31. The summed E-state index contributed by atoms with van der Waals surface area (Å²) in [4.78, 5) is 18.2. The molecule has 0 aliphatic heterocycles. The fraction of sp³-hybridized carbons (Fsp3) is 0.483. The molecule has 0 spiro atoms. The Hall–Kier alpha value is -2.22. The second-order valence-corrected chi connectivity index (χ2v) is 11.5. The molecule has 0 N–H and O–H groups in total. The number of hydrogen-bond acceptors (Lipinski definition) is 3. The van der Waals surface area contributed by atoms with Crippen molar-refractivity contribution in [2.45, 2.75) is 76.8 Å². The largest absolute Gasteiger partial charge is 0.345 e. The lowest BCUT2D eigenvalue weighted by molar-refractivity contribution is 0.303. The molecule has 0 radical (unpaired) electrons. The van der Waals surface area contributed by atoms with Gasteiger partial charge in [0, 0.05) is 22.6 Å². The van der Waals surface area contributed by atoms with Crippen LogP contribution in [0.4, 0.5) is 0 Å². The van der Waals surface area contributed by atoms with E-state index in [-0.39, 0.29) is 11.1 Å². The van der Waals surface area contributed by atoms with Crippen molar-refractivity contribution in [2.24, 2.45) is 18.0 Å². The van der Waals surface area contributed by atoms with Crippen LogP contribution in [-0.4, -0.2) is 20.1 Å². The SMILES string of the molecule is CC[C@]1(C(=NCc2nn(CC3CCCCC3)c(=O)n2C)c2ccc(I)cc2)CCc2ccccc21. The summed E-state index contributed by atoms with van der Waals surface area (Å²) in [5.41, 5.74) is 4.97. The molecule has 3 aromatic rings. The van der Waals surface area contributed by atoms with Crippen molar-refractivity contribution in [3.05, 3.63) is 85.1 Å². The highest BCUT2D eigenvalue weighted by atomic mass is 127. The fourth-order valence-electron chi connectivity index (χ4n) is 6.15. The maximum atomic E-state index is 13.0. The summed E-state index contributed by atoms with van der Waals surface area (Å²) in [6.07, 6.45) is 9.37. The first-order valence-electron chi connectivity index (χ1n) is 13.0. The third-order valence-corrected chi connectivity index (χ3v) is 8.91.